The Labute approximate surface area is 152 Å². The van der Waals surface area contributed by atoms with Crippen molar-refractivity contribution in [1.29, 1.82) is 5.26 Å². The molecule has 134 valence electrons. The monoisotopic (exact) mass is 352 g/mol. The van der Waals surface area contributed by atoms with Crippen molar-refractivity contribution in [3.8, 4) is 17.6 Å². The highest BCUT2D eigenvalue weighted by Gasteiger charge is 2.28. The van der Waals surface area contributed by atoms with Gasteiger partial charge in [0.05, 0.1) is 25.0 Å². The van der Waals surface area contributed by atoms with Crippen LogP contribution in [0.1, 0.15) is 24.2 Å². The molecule has 2 aromatic carbocycles. The largest absolute Gasteiger partial charge is 0.494 e. The van der Waals surface area contributed by atoms with Gasteiger partial charge in [-0.2, -0.15) is 5.26 Å². The van der Waals surface area contributed by atoms with E-state index in [0.29, 0.717) is 30.4 Å². The lowest BCUT2D eigenvalue weighted by Crippen LogP contribution is -2.29. The number of carbonyl (C=O) groups excluding carboxylic acids is 2. The molecule has 1 amide bonds. The first-order chi connectivity index (χ1) is 12.6. The Kier molecular flexibility index (Phi) is 6.75. The Morgan fingerprint density at radius 3 is 2.50 bits per heavy atom. The van der Waals surface area contributed by atoms with Gasteiger partial charge in [0.1, 0.15) is 11.5 Å². The van der Waals surface area contributed by atoms with Crippen LogP contribution in [0.15, 0.2) is 48.5 Å². The summed E-state index contributed by atoms with van der Waals surface area (Å²) in [7, 11) is 0. The summed E-state index contributed by atoms with van der Waals surface area (Å²) in [6.45, 7) is 4.53. The molecule has 0 saturated heterocycles. The van der Waals surface area contributed by atoms with Gasteiger partial charge in [-0.15, -0.1) is 0 Å². The second-order valence-corrected chi connectivity index (χ2v) is 5.31. The number of nitriles is 1. The molecule has 26 heavy (non-hydrogen) atoms. The van der Waals surface area contributed by atoms with E-state index in [4.69, 9.17) is 9.47 Å². The Balaban J connectivity index is 2.20. The quantitative estimate of drug-likeness (QED) is 0.581. The summed E-state index contributed by atoms with van der Waals surface area (Å²) in [6, 6.07) is 15.1. The molecule has 2 aromatic rings. The normalized spacial score (nSPS) is 11.1. The molecule has 6 heteroatoms. The summed E-state index contributed by atoms with van der Waals surface area (Å²) >= 11 is 0. The van der Waals surface area contributed by atoms with E-state index in [0.717, 1.165) is 0 Å². The maximum absolute atomic E-state index is 12.6. The molecule has 0 aromatic heterocycles. The van der Waals surface area contributed by atoms with Gasteiger partial charge >= 0.3 is 0 Å². The smallest absolute Gasteiger partial charge is 0.249 e. The van der Waals surface area contributed by atoms with Crippen molar-refractivity contribution < 1.29 is 19.1 Å². The zero-order valence-corrected chi connectivity index (χ0v) is 14.7. The van der Waals surface area contributed by atoms with E-state index in [1.54, 1.807) is 48.5 Å². The molecule has 0 bridgehead atoms. The fourth-order valence-corrected chi connectivity index (χ4v) is 2.36. The number of rotatable bonds is 8. The van der Waals surface area contributed by atoms with Crippen LogP contribution in [0.5, 0.6) is 11.5 Å². The number of amides is 1. The Morgan fingerprint density at radius 1 is 1.08 bits per heavy atom. The van der Waals surface area contributed by atoms with Gasteiger partial charge in [0.2, 0.25) is 5.91 Å². The zero-order chi connectivity index (χ0) is 18.9. The van der Waals surface area contributed by atoms with Crippen LogP contribution >= 0.6 is 0 Å². The molecule has 0 radical (unpaired) electrons. The predicted octanol–water partition coefficient (Wildman–Crippen LogP) is 3.45. The number of para-hydroxylation sites is 2. The number of anilines is 1. The number of hydrogen-bond donors (Lipinski definition) is 1. The Bertz CT molecular complexity index is 827. The summed E-state index contributed by atoms with van der Waals surface area (Å²) in [6.07, 6.45) is 0. The molecular formula is C20H20N2O4. The number of hydrogen-bond acceptors (Lipinski definition) is 5. The van der Waals surface area contributed by atoms with Gasteiger partial charge in [0.25, 0.3) is 0 Å². The van der Waals surface area contributed by atoms with E-state index >= 15 is 0 Å². The van der Waals surface area contributed by atoms with Crippen molar-refractivity contribution >= 4 is 17.4 Å². The van der Waals surface area contributed by atoms with Crippen LogP contribution in [0, 0.1) is 17.2 Å². The van der Waals surface area contributed by atoms with Gasteiger partial charge in [-0.05, 0) is 38.1 Å². The van der Waals surface area contributed by atoms with Crippen LogP contribution in [0.2, 0.25) is 0 Å². The van der Waals surface area contributed by atoms with E-state index in [-0.39, 0.29) is 5.56 Å². The van der Waals surface area contributed by atoms with E-state index in [1.807, 2.05) is 13.8 Å². The molecule has 0 aliphatic heterocycles. The third-order valence-electron chi connectivity index (χ3n) is 3.53. The molecule has 1 atom stereocenters. The minimum atomic E-state index is -1.47. The second kappa shape index (κ2) is 9.23. The van der Waals surface area contributed by atoms with E-state index < -0.39 is 17.6 Å². The topological polar surface area (TPSA) is 88.4 Å². The maximum Gasteiger partial charge on any atom is 0.249 e. The molecule has 0 fully saturated rings. The number of ether oxygens (including phenoxy) is 2. The highest BCUT2D eigenvalue weighted by Crippen LogP contribution is 2.25. The molecule has 0 heterocycles. The van der Waals surface area contributed by atoms with Crippen molar-refractivity contribution in [1.82, 2.24) is 0 Å². The fourth-order valence-electron chi connectivity index (χ4n) is 2.36. The summed E-state index contributed by atoms with van der Waals surface area (Å²) in [5.41, 5.74) is 0.659. The van der Waals surface area contributed by atoms with Crippen LogP contribution in [0.4, 0.5) is 5.69 Å². The van der Waals surface area contributed by atoms with Crippen LogP contribution in [-0.2, 0) is 4.79 Å². The summed E-state index contributed by atoms with van der Waals surface area (Å²) < 4.78 is 10.8. The predicted molar refractivity (Wildman–Crippen MR) is 97.3 cm³/mol. The van der Waals surface area contributed by atoms with Gasteiger partial charge in [-0.1, -0.05) is 24.3 Å². The fraction of sp³-hybridized carbons (Fsp3) is 0.250. The van der Waals surface area contributed by atoms with Crippen molar-refractivity contribution in [3.05, 3.63) is 54.1 Å². The lowest BCUT2D eigenvalue weighted by molar-refractivity contribution is -0.117. The molecule has 1 N–H and O–H groups in total. The van der Waals surface area contributed by atoms with Gasteiger partial charge in [-0.25, -0.2) is 0 Å². The minimum absolute atomic E-state index is 0.246. The van der Waals surface area contributed by atoms with E-state index in [1.165, 1.54) is 6.07 Å². The van der Waals surface area contributed by atoms with Crippen molar-refractivity contribution in [2.24, 2.45) is 5.92 Å². The Hall–Kier alpha value is -3.33. The van der Waals surface area contributed by atoms with Crippen LogP contribution in [0.25, 0.3) is 0 Å². The number of Topliss-reactive ketones (excluding diaryl/α,β-unsaturated/α-hetero) is 1. The summed E-state index contributed by atoms with van der Waals surface area (Å²) in [5.74, 6) is -1.77. The molecule has 0 aliphatic carbocycles. The van der Waals surface area contributed by atoms with Crippen molar-refractivity contribution in [3.63, 3.8) is 0 Å². The lowest BCUT2D eigenvalue weighted by atomic mass is 9.97. The third-order valence-corrected chi connectivity index (χ3v) is 3.53. The standard InChI is InChI=1S/C20H20N2O4/c1-3-25-15-9-7-8-14(12-15)19(23)16(13-21)20(24)22-17-10-5-6-11-18(17)26-4-2/h5-12,16H,3-4H2,1-2H3,(H,22,24). The van der Waals surface area contributed by atoms with Gasteiger partial charge in [0, 0.05) is 5.56 Å². The van der Waals surface area contributed by atoms with Gasteiger partial charge in [0.15, 0.2) is 11.7 Å². The van der Waals surface area contributed by atoms with E-state index in [9.17, 15) is 14.9 Å². The van der Waals surface area contributed by atoms with Crippen LogP contribution in [0.3, 0.4) is 0 Å². The minimum Gasteiger partial charge on any atom is -0.494 e. The van der Waals surface area contributed by atoms with Crippen molar-refractivity contribution in [2.45, 2.75) is 13.8 Å². The highest BCUT2D eigenvalue weighted by atomic mass is 16.5. The zero-order valence-electron chi connectivity index (χ0n) is 14.7. The molecule has 0 aliphatic rings. The Morgan fingerprint density at radius 2 is 1.81 bits per heavy atom. The summed E-state index contributed by atoms with van der Waals surface area (Å²) in [5, 5.41) is 12.0. The van der Waals surface area contributed by atoms with Crippen LogP contribution < -0.4 is 14.8 Å². The highest BCUT2D eigenvalue weighted by molar-refractivity contribution is 6.15. The van der Waals surface area contributed by atoms with Gasteiger partial charge in [-0.3, -0.25) is 9.59 Å². The molecule has 0 spiro atoms. The summed E-state index contributed by atoms with van der Waals surface area (Å²) in [4.78, 5) is 25.1. The number of nitrogens with zero attached hydrogens (tertiary/aromatic N) is 1. The van der Waals surface area contributed by atoms with Gasteiger partial charge < -0.3 is 14.8 Å². The third kappa shape index (κ3) is 4.61. The molecule has 1 unspecified atom stereocenters. The molecule has 6 nitrogen and oxygen atoms in total. The van der Waals surface area contributed by atoms with Crippen molar-refractivity contribution in [2.75, 3.05) is 18.5 Å². The average molecular weight is 352 g/mol. The first-order valence-corrected chi connectivity index (χ1v) is 8.30. The van der Waals surface area contributed by atoms with E-state index in [2.05, 4.69) is 5.32 Å². The number of ketones is 1. The first kappa shape index (κ1) is 19.0. The second-order valence-electron chi connectivity index (χ2n) is 5.31. The molecular weight excluding hydrogens is 332 g/mol. The maximum atomic E-state index is 12.6. The average Bonchev–Trinajstić information content (AvgIpc) is 2.64. The van der Waals surface area contributed by atoms with Crippen LogP contribution in [-0.4, -0.2) is 24.9 Å². The number of nitrogens with one attached hydrogen (secondary N) is 1. The lowest BCUT2D eigenvalue weighted by Gasteiger charge is -2.13. The molecule has 0 saturated carbocycles. The number of benzene rings is 2. The molecule has 2 rings (SSSR count). The number of carbonyl (C=O) groups is 2. The SMILES string of the molecule is CCOc1cccc(C(=O)C(C#N)C(=O)Nc2ccccc2OCC)c1. The first-order valence-electron chi connectivity index (χ1n) is 8.30.